The Morgan fingerprint density at radius 3 is 2.74 bits per heavy atom. The number of ether oxygens (including phenoxy) is 3. The van der Waals surface area contributed by atoms with E-state index in [1.54, 1.807) is 0 Å². The second kappa shape index (κ2) is 7.68. The van der Waals surface area contributed by atoms with E-state index in [0.717, 1.165) is 33.8 Å². The van der Waals surface area contributed by atoms with Gasteiger partial charge in [-0.3, -0.25) is 0 Å². The Hall–Kier alpha value is -1.76. The maximum absolute atomic E-state index is 9.99. The topological polar surface area (TPSA) is 64.5 Å². The molecule has 0 amide bonds. The number of fused-ring (bicyclic) bond motifs is 1. The number of benzene rings is 2. The quantitative estimate of drug-likeness (QED) is 0.766. The van der Waals surface area contributed by atoms with Crippen LogP contribution in [-0.2, 0) is 6.54 Å². The lowest BCUT2D eigenvalue weighted by Gasteiger charge is -2.11. The third kappa shape index (κ3) is 4.60. The minimum Gasteiger partial charge on any atom is -0.491 e. The number of nitrogens with two attached hydrogens (primary N) is 1. The van der Waals surface area contributed by atoms with Crippen LogP contribution in [0.15, 0.2) is 46.9 Å². The van der Waals surface area contributed by atoms with Gasteiger partial charge in [0.1, 0.15) is 31.5 Å². The lowest BCUT2D eigenvalue weighted by atomic mass is 10.2. The predicted octanol–water partition coefficient (Wildman–Crippen LogP) is 1.68. The Morgan fingerprint density at radius 1 is 1.13 bits per heavy atom. The lowest BCUT2D eigenvalue weighted by molar-refractivity contribution is -0.676. The molecule has 23 heavy (non-hydrogen) atoms. The molecule has 0 spiro atoms. The van der Waals surface area contributed by atoms with E-state index in [-0.39, 0.29) is 13.4 Å². The van der Waals surface area contributed by atoms with Gasteiger partial charge < -0.3 is 24.6 Å². The Bertz CT molecular complexity index is 648. The van der Waals surface area contributed by atoms with Crippen LogP contribution in [-0.4, -0.2) is 31.2 Å². The third-order valence-corrected chi connectivity index (χ3v) is 4.04. The van der Waals surface area contributed by atoms with E-state index in [1.807, 2.05) is 47.8 Å². The highest BCUT2D eigenvalue weighted by Gasteiger charge is 2.14. The molecular weight excluding hydrogens is 362 g/mol. The van der Waals surface area contributed by atoms with Crippen molar-refractivity contribution in [2.24, 2.45) is 0 Å². The van der Waals surface area contributed by atoms with Crippen molar-refractivity contribution < 1.29 is 24.6 Å². The normalized spacial score (nSPS) is 13.8. The van der Waals surface area contributed by atoms with E-state index >= 15 is 0 Å². The number of aliphatic hydroxyl groups is 1. The number of hydrogen-bond acceptors (Lipinski definition) is 4. The summed E-state index contributed by atoms with van der Waals surface area (Å²) in [5.41, 5.74) is 1.13. The number of rotatable bonds is 7. The molecule has 2 aromatic rings. The van der Waals surface area contributed by atoms with Crippen molar-refractivity contribution in [1.82, 2.24) is 0 Å². The van der Waals surface area contributed by atoms with Gasteiger partial charge in [0, 0.05) is 10.0 Å². The zero-order valence-electron chi connectivity index (χ0n) is 12.6. The zero-order chi connectivity index (χ0) is 16.1. The second-order valence-electron chi connectivity index (χ2n) is 5.33. The molecule has 0 bridgehead atoms. The minimum absolute atomic E-state index is 0.277. The molecule has 2 aromatic carbocycles. The minimum atomic E-state index is -0.521. The molecule has 1 aliphatic rings. The molecule has 0 fully saturated rings. The summed E-state index contributed by atoms with van der Waals surface area (Å²) in [5, 5.41) is 12.0. The predicted molar refractivity (Wildman–Crippen MR) is 88.7 cm³/mol. The Kier molecular flexibility index (Phi) is 5.38. The summed E-state index contributed by atoms with van der Waals surface area (Å²) in [6.45, 7) is 1.91. The van der Waals surface area contributed by atoms with Gasteiger partial charge in [-0.1, -0.05) is 15.9 Å². The fourth-order valence-electron chi connectivity index (χ4n) is 2.30. The van der Waals surface area contributed by atoms with Crippen molar-refractivity contribution in [3.8, 4) is 17.2 Å². The second-order valence-corrected chi connectivity index (χ2v) is 6.25. The number of quaternary nitrogens is 1. The summed E-state index contributed by atoms with van der Waals surface area (Å²) in [6, 6.07) is 13.5. The van der Waals surface area contributed by atoms with Gasteiger partial charge in [0.05, 0.1) is 0 Å². The summed E-state index contributed by atoms with van der Waals surface area (Å²) in [7, 11) is 0. The molecule has 0 radical (unpaired) electrons. The molecule has 1 aliphatic heterocycles. The highest BCUT2D eigenvalue weighted by atomic mass is 79.9. The highest BCUT2D eigenvalue weighted by molar-refractivity contribution is 9.10. The molecule has 3 N–H and O–H groups in total. The van der Waals surface area contributed by atoms with Crippen LogP contribution in [0.1, 0.15) is 5.56 Å². The molecule has 122 valence electrons. The summed E-state index contributed by atoms with van der Waals surface area (Å²) in [5.74, 6) is 2.33. The van der Waals surface area contributed by atoms with E-state index in [1.165, 1.54) is 0 Å². The average molecular weight is 381 g/mol. The summed E-state index contributed by atoms with van der Waals surface area (Å²) in [6.07, 6.45) is -0.521. The monoisotopic (exact) mass is 380 g/mol. The fraction of sp³-hybridized carbons (Fsp3) is 0.294. The molecule has 0 aliphatic carbocycles. The lowest BCUT2D eigenvalue weighted by Crippen LogP contribution is -2.85. The molecular formula is C17H19BrNO4+. The molecule has 0 unspecified atom stereocenters. The van der Waals surface area contributed by atoms with Crippen LogP contribution in [0.3, 0.4) is 0 Å². The first-order valence-corrected chi connectivity index (χ1v) is 8.26. The summed E-state index contributed by atoms with van der Waals surface area (Å²) < 4.78 is 17.2. The van der Waals surface area contributed by atoms with Crippen molar-refractivity contribution in [3.63, 3.8) is 0 Å². The molecule has 6 heteroatoms. The van der Waals surface area contributed by atoms with E-state index < -0.39 is 6.10 Å². The standard InChI is InChI=1S/C17H18BrNO4/c18-13-2-4-15(5-3-13)21-10-14(20)9-19-8-12-1-6-16-17(7-12)23-11-22-16/h1-7,14,19-20H,8-11H2/p+1/t14-/m1/s1. The van der Waals surface area contributed by atoms with Crippen LogP contribution in [0.2, 0.25) is 0 Å². The van der Waals surface area contributed by atoms with Crippen molar-refractivity contribution in [3.05, 3.63) is 52.5 Å². The summed E-state index contributed by atoms with van der Waals surface area (Å²) >= 11 is 3.37. The van der Waals surface area contributed by atoms with Gasteiger partial charge in [-0.25, -0.2) is 0 Å². The van der Waals surface area contributed by atoms with Gasteiger partial charge >= 0.3 is 0 Å². The SMILES string of the molecule is O[C@H](C[NH2+]Cc1ccc2c(c1)OCO2)COc1ccc(Br)cc1. The molecule has 3 rings (SSSR count). The van der Waals surface area contributed by atoms with Crippen molar-refractivity contribution in [1.29, 1.82) is 0 Å². The molecule has 5 nitrogen and oxygen atoms in total. The maximum atomic E-state index is 9.99. The third-order valence-electron chi connectivity index (χ3n) is 3.51. The van der Waals surface area contributed by atoms with Gasteiger partial charge in [-0.2, -0.15) is 0 Å². The molecule has 1 atom stereocenters. The smallest absolute Gasteiger partial charge is 0.231 e. The van der Waals surface area contributed by atoms with Crippen LogP contribution in [0.25, 0.3) is 0 Å². The summed E-state index contributed by atoms with van der Waals surface area (Å²) in [4.78, 5) is 0. The maximum Gasteiger partial charge on any atom is 0.231 e. The van der Waals surface area contributed by atoms with Crippen LogP contribution in [0.5, 0.6) is 17.2 Å². The first-order valence-electron chi connectivity index (χ1n) is 7.47. The van der Waals surface area contributed by atoms with Crippen LogP contribution < -0.4 is 19.5 Å². The van der Waals surface area contributed by atoms with Crippen LogP contribution in [0, 0.1) is 0 Å². The van der Waals surface area contributed by atoms with E-state index in [0.29, 0.717) is 6.54 Å². The molecule has 0 saturated heterocycles. The largest absolute Gasteiger partial charge is 0.491 e. The van der Waals surface area contributed by atoms with Crippen LogP contribution in [0.4, 0.5) is 0 Å². The molecule has 0 aromatic heterocycles. The van der Waals surface area contributed by atoms with Crippen molar-refractivity contribution >= 4 is 15.9 Å². The van der Waals surface area contributed by atoms with E-state index in [2.05, 4.69) is 15.9 Å². The first-order chi connectivity index (χ1) is 11.2. The van der Waals surface area contributed by atoms with Gasteiger partial charge in [0.25, 0.3) is 0 Å². The van der Waals surface area contributed by atoms with Gasteiger partial charge in [0.15, 0.2) is 11.5 Å². The Labute approximate surface area is 143 Å². The van der Waals surface area contributed by atoms with E-state index in [4.69, 9.17) is 14.2 Å². The number of aliphatic hydroxyl groups excluding tert-OH is 1. The number of hydrogen-bond donors (Lipinski definition) is 2. The van der Waals surface area contributed by atoms with Gasteiger partial charge in [0.2, 0.25) is 6.79 Å². The van der Waals surface area contributed by atoms with Crippen LogP contribution >= 0.6 is 15.9 Å². The fourth-order valence-corrected chi connectivity index (χ4v) is 2.57. The van der Waals surface area contributed by atoms with Gasteiger partial charge in [-0.15, -0.1) is 0 Å². The van der Waals surface area contributed by atoms with E-state index in [9.17, 15) is 5.11 Å². The van der Waals surface area contributed by atoms with Gasteiger partial charge in [-0.05, 0) is 42.5 Å². The average Bonchev–Trinajstić information content (AvgIpc) is 3.02. The Balaban J connectivity index is 1.39. The number of halogens is 1. The molecule has 0 saturated carbocycles. The van der Waals surface area contributed by atoms with Crippen molar-refractivity contribution in [2.75, 3.05) is 19.9 Å². The highest BCUT2D eigenvalue weighted by Crippen LogP contribution is 2.32. The Morgan fingerprint density at radius 2 is 1.91 bits per heavy atom. The van der Waals surface area contributed by atoms with Crippen molar-refractivity contribution in [2.45, 2.75) is 12.6 Å². The zero-order valence-corrected chi connectivity index (χ0v) is 14.2. The molecule has 1 heterocycles. The first kappa shape index (κ1) is 16.1.